The summed E-state index contributed by atoms with van der Waals surface area (Å²) >= 11 is 5.95. The van der Waals surface area contributed by atoms with Crippen LogP contribution < -0.4 is 10.3 Å². The number of carbonyl (C=O) groups excluding carboxylic acids is 1. The van der Waals surface area contributed by atoms with E-state index in [9.17, 15) is 9.59 Å². The van der Waals surface area contributed by atoms with E-state index in [2.05, 4.69) is 0 Å². The van der Waals surface area contributed by atoms with Crippen LogP contribution in [0.1, 0.15) is 38.6 Å². The van der Waals surface area contributed by atoms with Gasteiger partial charge in [0.05, 0.1) is 16.9 Å². The summed E-state index contributed by atoms with van der Waals surface area (Å²) in [4.78, 5) is 35.5. The van der Waals surface area contributed by atoms with Gasteiger partial charge in [0.1, 0.15) is 11.6 Å². The Morgan fingerprint density at radius 1 is 1.09 bits per heavy atom. The summed E-state index contributed by atoms with van der Waals surface area (Å²) in [7, 11) is 3.93. The highest BCUT2D eigenvalue weighted by atomic mass is 35.5. The quantitative estimate of drug-likeness (QED) is 0.404. The molecule has 7 nitrogen and oxygen atoms in total. The second-order valence-electron chi connectivity index (χ2n) is 8.50. The first-order valence-electron chi connectivity index (χ1n) is 11.7. The smallest absolute Gasteiger partial charge is 0.261 e. The summed E-state index contributed by atoms with van der Waals surface area (Å²) in [5.41, 5.74) is 0.573. The molecule has 0 spiro atoms. The van der Waals surface area contributed by atoms with E-state index in [0.29, 0.717) is 53.6 Å². The Hall–Kier alpha value is -2.90. The van der Waals surface area contributed by atoms with Gasteiger partial charge < -0.3 is 14.5 Å². The van der Waals surface area contributed by atoms with Crippen molar-refractivity contribution >= 4 is 28.4 Å². The average Bonchev–Trinajstić information content (AvgIpc) is 2.83. The van der Waals surface area contributed by atoms with E-state index in [1.165, 1.54) is 0 Å². The topological polar surface area (TPSA) is 67.7 Å². The number of fused-ring (bicyclic) bond motifs is 1. The maximum atomic E-state index is 13.4. The molecule has 3 aromatic rings. The van der Waals surface area contributed by atoms with Gasteiger partial charge in [-0.25, -0.2) is 4.98 Å². The fraction of sp³-hybridized carbons (Fsp3) is 0.423. The standard InChI is InChI=1S/C26H33ClN4O3/c1-5-15-31-25(28-22-10-8-7-9-21(22)26(31)33)23(6-2)30(17-16-29(3)4)24(32)18-34-20-13-11-19(27)12-14-20/h7-14,23H,5-6,15-18H2,1-4H3. The fourth-order valence-electron chi connectivity index (χ4n) is 3.94. The first kappa shape index (κ1) is 25.7. The third-order valence-electron chi connectivity index (χ3n) is 5.68. The second-order valence-corrected chi connectivity index (χ2v) is 8.94. The summed E-state index contributed by atoms with van der Waals surface area (Å²) < 4.78 is 7.49. The van der Waals surface area contributed by atoms with Crippen molar-refractivity contribution < 1.29 is 9.53 Å². The van der Waals surface area contributed by atoms with Crippen molar-refractivity contribution in [2.45, 2.75) is 39.3 Å². The third kappa shape index (κ3) is 6.15. The third-order valence-corrected chi connectivity index (χ3v) is 5.94. The molecule has 3 rings (SSSR count). The van der Waals surface area contributed by atoms with Gasteiger partial charge in [0.2, 0.25) is 0 Å². The molecule has 2 aromatic carbocycles. The van der Waals surface area contributed by atoms with E-state index in [-0.39, 0.29) is 24.1 Å². The van der Waals surface area contributed by atoms with Crippen molar-refractivity contribution in [1.29, 1.82) is 0 Å². The molecule has 1 unspecified atom stereocenters. The van der Waals surface area contributed by atoms with Gasteiger partial charge in [-0.3, -0.25) is 14.2 Å². The number of benzene rings is 2. The van der Waals surface area contributed by atoms with Crippen molar-refractivity contribution in [1.82, 2.24) is 19.4 Å². The summed E-state index contributed by atoms with van der Waals surface area (Å²) in [5, 5.41) is 1.19. The van der Waals surface area contributed by atoms with Crippen molar-refractivity contribution in [3.8, 4) is 5.75 Å². The van der Waals surface area contributed by atoms with Crippen LogP contribution >= 0.6 is 11.6 Å². The molecular weight excluding hydrogens is 452 g/mol. The molecule has 0 aliphatic heterocycles. The SMILES string of the molecule is CCCn1c(C(CC)N(CCN(C)C)C(=O)COc2ccc(Cl)cc2)nc2ccccc2c1=O. The van der Waals surface area contributed by atoms with Crippen LogP contribution in [-0.2, 0) is 11.3 Å². The van der Waals surface area contributed by atoms with Crippen LogP contribution in [0.15, 0.2) is 53.3 Å². The molecule has 0 saturated carbocycles. The lowest BCUT2D eigenvalue weighted by atomic mass is 10.1. The number of hydrogen-bond acceptors (Lipinski definition) is 5. The van der Waals surface area contributed by atoms with Crippen LogP contribution in [0.4, 0.5) is 0 Å². The normalized spacial score (nSPS) is 12.2. The molecule has 1 amide bonds. The molecule has 0 N–H and O–H groups in total. The number of hydrogen-bond donors (Lipinski definition) is 0. The molecule has 1 atom stereocenters. The first-order valence-corrected chi connectivity index (χ1v) is 12.1. The lowest BCUT2D eigenvalue weighted by Gasteiger charge is -2.33. The fourth-order valence-corrected chi connectivity index (χ4v) is 4.07. The number of ether oxygens (including phenoxy) is 1. The first-order chi connectivity index (χ1) is 16.3. The van der Waals surface area contributed by atoms with Crippen LogP contribution in [0.25, 0.3) is 10.9 Å². The van der Waals surface area contributed by atoms with Gasteiger partial charge in [-0.2, -0.15) is 0 Å². The maximum Gasteiger partial charge on any atom is 0.261 e. The molecule has 0 radical (unpaired) electrons. The van der Waals surface area contributed by atoms with Crippen LogP contribution in [0.5, 0.6) is 5.75 Å². The number of carbonyl (C=O) groups is 1. The van der Waals surface area contributed by atoms with Crippen molar-refractivity contribution in [2.24, 2.45) is 0 Å². The summed E-state index contributed by atoms with van der Waals surface area (Å²) in [6.07, 6.45) is 1.41. The number of rotatable bonds is 11. The van der Waals surface area contributed by atoms with Gasteiger partial charge in [-0.15, -0.1) is 0 Å². The minimum absolute atomic E-state index is 0.0710. The Balaban J connectivity index is 1.98. The second kappa shape index (κ2) is 12.0. The highest BCUT2D eigenvalue weighted by Gasteiger charge is 2.28. The van der Waals surface area contributed by atoms with E-state index in [0.717, 1.165) is 6.42 Å². The van der Waals surface area contributed by atoms with Gasteiger partial charge in [-0.05, 0) is 63.3 Å². The van der Waals surface area contributed by atoms with Crippen LogP contribution in [0.3, 0.4) is 0 Å². The van der Waals surface area contributed by atoms with Gasteiger partial charge >= 0.3 is 0 Å². The minimum Gasteiger partial charge on any atom is -0.484 e. The monoisotopic (exact) mass is 484 g/mol. The molecule has 182 valence electrons. The Morgan fingerprint density at radius 2 is 1.79 bits per heavy atom. The van der Waals surface area contributed by atoms with Crippen LogP contribution in [0, 0.1) is 0 Å². The largest absolute Gasteiger partial charge is 0.484 e. The Kier molecular flexibility index (Phi) is 9.07. The summed E-state index contributed by atoms with van der Waals surface area (Å²) in [6, 6.07) is 13.9. The molecule has 0 aliphatic rings. The summed E-state index contributed by atoms with van der Waals surface area (Å²) in [6.45, 7) is 5.63. The van der Waals surface area contributed by atoms with E-state index < -0.39 is 0 Å². The van der Waals surface area contributed by atoms with Gasteiger partial charge in [0.15, 0.2) is 6.61 Å². The average molecular weight is 485 g/mol. The molecule has 8 heteroatoms. The Morgan fingerprint density at radius 3 is 2.44 bits per heavy atom. The van der Waals surface area contributed by atoms with E-state index in [1.54, 1.807) is 39.8 Å². The number of nitrogens with zero attached hydrogens (tertiary/aromatic N) is 4. The molecule has 0 bridgehead atoms. The zero-order valence-electron chi connectivity index (χ0n) is 20.3. The van der Waals surface area contributed by atoms with Crippen LogP contribution in [0.2, 0.25) is 5.02 Å². The predicted molar refractivity (Wildman–Crippen MR) is 137 cm³/mol. The zero-order chi connectivity index (χ0) is 24.7. The van der Waals surface area contributed by atoms with E-state index >= 15 is 0 Å². The predicted octanol–water partition coefficient (Wildman–Crippen LogP) is 4.38. The number of aromatic nitrogens is 2. The molecular formula is C26H33ClN4O3. The van der Waals surface area contributed by atoms with Gasteiger partial charge in [0.25, 0.3) is 11.5 Å². The lowest BCUT2D eigenvalue weighted by molar-refractivity contribution is -0.136. The Bertz CT molecular complexity index is 1160. The van der Waals surface area contributed by atoms with Crippen molar-refractivity contribution in [2.75, 3.05) is 33.8 Å². The zero-order valence-corrected chi connectivity index (χ0v) is 21.1. The van der Waals surface area contributed by atoms with Gasteiger partial charge in [-0.1, -0.05) is 37.6 Å². The molecule has 1 heterocycles. The highest BCUT2D eigenvalue weighted by Crippen LogP contribution is 2.25. The number of para-hydroxylation sites is 1. The summed E-state index contributed by atoms with van der Waals surface area (Å²) in [5.74, 6) is 1.03. The van der Waals surface area contributed by atoms with E-state index in [4.69, 9.17) is 21.3 Å². The van der Waals surface area contributed by atoms with Crippen molar-refractivity contribution in [3.05, 3.63) is 69.7 Å². The number of likely N-dealkylation sites (N-methyl/N-ethyl adjacent to an activating group) is 1. The molecule has 0 aliphatic carbocycles. The molecule has 1 aromatic heterocycles. The van der Waals surface area contributed by atoms with Crippen molar-refractivity contribution in [3.63, 3.8) is 0 Å². The maximum absolute atomic E-state index is 13.4. The lowest BCUT2D eigenvalue weighted by Crippen LogP contribution is -2.44. The molecule has 0 saturated heterocycles. The molecule has 0 fully saturated rings. The molecule has 34 heavy (non-hydrogen) atoms. The number of amides is 1. The van der Waals surface area contributed by atoms with Crippen LogP contribution in [-0.4, -0.2) is 59.0 Å². The number of halogens is 1. The minimum atomic E-state index is -0.356. The Labute approximate surface area is 205 Å². The highest BCUT2D eigenvalue weighted by molar-refractivity contribution is 6.30. The van der Waals surface area contributed by atoms with Gasteiger partial charge in [0, 0.05) is 24.7 Å². The van der Waals surface area contributed by atoms with E-state index in [1.807, 2.05) is 51.0 Å².